The zero-order valence-electron chi connectivity index (χ0n) is 11.7. The van der Waals surface area contributed by atoms with Crippen molar-refractivity contribution >= 4 is 11.7 Å². The molecule has 1 aliphatic carbocycles. The lowest BCUT2D eigenvalue weighted by molar-refractivity contribution is -0.138. The van der Waals surface area contributed by atoms with Gasteiger partial charge in [0, 0.05) is 11.7 Å². The number of benzene rings is 1. The molecule has 1 aromatic rings. The summed E-state index contributed by atoms with van der Waals surface area (Å²) in [5.41, 5.74) is -1.39. The van der Waals surface area contributed by atoms with Gasteiger partial charge in [0.15, 0.2) is 0 Å². The number of hydrogen-bond donors (Lipinski definition) is 2. The fourth-order valence-corrected chi connectivity index (χ4v) is 2.86. The Morgan fingerprint density at radius 1 is 1.33 bits per heavy atom. The molecule has 1 fully saturated rings. The van der Waals surface area contributed by atoms with Gasteiger partial charge in [0.05, 0.1) is 11.1 Å². The molecule has 2 unspecified atom stereocenters. The second-order valence-electron chi connectivity index (χ2n) is 5.68. The van der Waals surface area contributed by atoms with Gasteiger partial charge in [0.25, 0.3) is 0 Å². The van der Waals surface area contributed by atoms with Crippen LogP contribution in [-0.4, -0.2) is 17.1 Å². The molecular weight excluding hydrogens is 283 g/mol. The summed E-state index contributed by atoms with van der Waals surface area (Å²) in [5, 5.41) is 12.1. The summed E-state index contributed by atoms with van der Waals surface area (Å²) in [4.78, 5) is 11.0. The number of hydrogen-bond acceptors (Lipinski definition) is 2. The monoisotopic (exact) mass is 301 g/mol. The first-order valence-electron chi connectivity index (χ1n) is 6.98. The number of anilines is 1. The summed E-state index contributed by atoms with van der Waals surface area (Å²) >= 11 is 0. The third kappa shape index (κ3) is 3.89. The van der Waals surface area contributed by atoms with Gasteiger partial charge in [-0.25, -0.2) is 4.79 Å². The van der Waals surface area contributed by atoms with E-state index in [1.807, 2.05) is 0 Å². The molecule has 116 valence electrons. The Morgan fingerprint density at radius 2 is 2.05 bits per heavy atom. The molecule has 2 rings (SSSR count). The molecule has 2 atom stereocenters. The lowest BCUT2D eigenvalue weighted by Gasteiger charge is -2.28. The van der Waals surface area contributed by atoms with E-state index < -0.39 is 23.3 Å². The summed E-state index contributed by atoms with van der Waals surface area (Å²) in [5.74, 6) is -0.993. The van der Waals surface area contributed by atoms with Gasteiger partial charge in [-0.1, -0.05) is 19.8 Å². The number of alkyl halides is 3. The molecule has 0 heterocycles. The van der Waals surface area contributed by atoms with Gasteiger partial charge in [0.1, 0.15) is 0 Å². The van der Waals surface area contributed by atoms with E-state index in [0.717, 1.165) is 37.8 Å². The lowest BCUT2D eigenvalue weighted by atomic mass is 9.87. The first kappa shape index (κ1) is 15.7. The zero-order chi connectivity index (χ0) is 15.6. The fourth-order valence-electron chi connectivity index (χ4n) is 2.86. The van der Waals surface area contributed by atoms with Crippen molar-refractivity contribution in [2.75, 3.05) is 5.32 Å². The molecule has 1 saturated carbocycles. The van der Waals surface area contributed by atoms with Crippen LogP contribution in [0.3, 0.4) is 0 Å². The van der Waals surface area contributed by atoms with E-state index in [0.29, 0.717) is 11.6 Å². The van der Waals surface area contributed by atoms with Gasteiger partial charge in [0.2, 0.25) is 0 Å². The van der Waals surface area contributed by atoms with E-state index in [-0.39, 0.29) is 6.04 Å². The SMILES string of the molecule is CC1CCCC(Nc2ccc(C(F)(F)F)c(C(=O)O)c2)C1. The first-order valence-corrected chi connectivity index (χ1v) is 6.98. The summed E-state index contributed by atoms with van der Waals surface area (Å²) in [6, 6.07) is 3.39. The Morgan fingerprint density at radius 3 is 2.62 bits per heavy atom. The maximum Gasteiger partial charge on any atom is 0.417 e. The fraction of sp³-hybridized carbons (Fsp3) is 0.533. The van der Waals surface area contributed by atoms with Crippen LogP contribution < -0.4 is 5.32 Å². The number of carboxylic acids is 1. The Balaban J connectivity index is 2.22. The van der Waals surface area contributed by atoms with Crippen molar-refractivity contribution in [3.8, 4) is 0 Å². The largest absolute Gasteiger partial charge is 0.478 e. The van der Waals surface area contributed by atoms with E-state index in [1.165, 1.54) is 6.07 Å². The number of nitrogens with one attached hydrogen (secondary N) is 1. The second kappa shape index (κ2) is 5.95. The van der Waals surface area contributed by atoms with Crippen molar-refractivity contribution < 1.29 is 23.1 Å². The van der Waals surface area contributed by atoms with Crippen LogP contribution in [0.4, 0.5) is 18.9 Å². The maximum atomic E-state index is 12.8. The lowest BCUT2D eigenvalue weighted by Crippen LogP contribution is -2.26. The van der Waals surface area contributed by atoms with Crippen LogP contribution in [0.1, 0.15) is 48.5 Å². The Kier molecular flexibility index (Phi) is 4.44. The van der Waals surface area contributed by atoms with Crippen LogP contribution in [0.25, 0.3) is 0 Å². The van der Waals surface area contributed by atoms with Gasteiger partial charge in [-0.05, 0) is 37.0 Å². The Hall–Kier alpha value is -1.72. The number of carboxylic acid groups (broad SMARTS) is 1. The average molecular weight is 301 g/mol. The number of halogens is 3. The van der Waals surface area contributed by atoms with Crippen molar-refractivity contribution in [1.29, 1.82) is 0 Å². The Labute approximate surface area is 121 Å². The van der Waals surface area contributed by atoms with Gasteiger partial charge in [-0.3, -0.25) is 0 Å². The van der Waals surface area contributed by atoms with Crippen LogP contribution >= 0.6 is 0 Å². The molecule has 21 heavy (non-hydrogen) atoms. The molecule has 0 spiro atoms. The van der Waals surface area contributed by atoms with E-state index >= 15 is 0 Å². The van der Waals surface area contributed by atoms with Crippen LogP contribution in [-0.2, 0) is 6.18 Å². The van der Waals surface area contributed by atoms with E-state index in [2.05, 4.69) is 12.2 Å². The minimum absolute atomic E-state index is 0.187. The number of aromatic carboxylic acids is 1. The average Bonchev–Trinajstić information content (AvgIpc) is 2.37. The number of carbonyl (C=O) groups is 1. The minimum Gasteiger partial charge on any atom is -0.478 e. The van der Waals surface area contributed by atoms with Crippen LogP contribution in [0.5, 0.6) is 0 Å². The van der Waals surface area contributed by atoms with Crippen LogP contribution in [0.2, 0.25) is 0 Å². The highest BCUT2D eigenvalue weighted by atomic mass is 19.4. The standard InChI is InChI=1S/C15H18F3NO2/c1-9-3-2-4-10(7-9)19-11-5-6-13(15(16,17)18)12(8-11)14(20)21/h5-6,8-10,19H,2-4,7H2,1H3,(H,20,21). The third-order valence-corrected chi connectivity index (χ3v) is 3.86. The molecule has 0 aliphatic heterocycles. The van der Waals surface area contributed by atoms with E-state index in [4.69, 9.17) is 5.11 Å². The summed E-state index contributed by atoms with van der Waals surface area (Å²) in [7, 11) is 0. The molecular formula is C15H18F3NO2. The minimum atomic E-state index is -4.66. The predicted octanol–water partition coefficient (Wildman–Crippen LogP) is 4.39. The smallest absolute Gasteiger partial charge is 0.417 e. The third-order valence-electron chi connectivity index (χ3n) is 3.86. The molecule has 1 aliphatic rings. The molecule has 0 amide bonds. The van der Waals surface area contributed by atoms with Crippen molar-refractivity contribution in [2.24, 2.45) is 5.92 Å². The molecule has 2 N–H and O–H groups in total. The topological polar surface area (TPSA) is 49.3 Å². The highest BCUT2D eigenvalue weighted by molar-refractivity contribution is 5.91. The van der Waals surface area contributed by atoms with Gasteiger partial charge in [-0.2, -0.15) is 13.2 Å². The van der Waals surface area contributed by atoms with Crippen molar-refractivity contribution in [3.63, 3.8) is 0 Å². The van der Waals surface area contributed by atoms with Gasteiger partial charge in [-0.15, -0.1) is 0 Å². The molecule has 6 heteroatoms. The molecule has 0 radical (unpaired) electrons. The van der Waals surface area contributed by atoms with Crippen LogP contribution in [0, 0.1) is 5.92 Å². The quantitative estimate of drug-likeness (QED) is 0.870. The van der Waals surface area contributed by atoms with Crippen molar-refractivity contribution in [1.82, 2.24) is 0 Å². The van der Waals surface area contributed by atoms with Gasteiger partial charge < -0.3 is 10.4 Å². The zero-order valence-corrected chi connectivity index (χ0v) is 11.7. The molecule has 1 aromatic carbocycles. The second-order valence-corrected chi connectivity index (χ2v) is 5.68. The van der Waals surface area contributed by atoms with E-state index in [9.17, 15) is 18.0 Å². The first-order chi connectivity index (χ1) is 9.77. The summed E-state index contributed by atoms with van der Waals surface area (Å²) in [6.07, 6.45) is -0.528. The van der Waals surface area contributed by atoms with E-state index in [1.54, 1.807) is 0 Å². The summed E-state index contributed by atoms with van der Waals surface area (Å²) < 4.78 is 38.3. The van der Waals surface area contributed by atoms with Crippen molar-refractivity contribution in [3.05, 3.63) is 29.3 Å². The van der Waals surface area contributed by atoms with Crippen molar-refractivity contribution in [2.45, 2.75) is 44.8 Å². The molecule has 0 bridgehead atoms. The summed E-state index contributed by atoms with van der Waals surface area (Å²) in [6.45, 7) is 2.14. The van der Waals surface area contributed by atoms with Crippen LogP contribution in [0.15, 0.2) is 18.2 Å². The maximum absolute atomic E-state index is 12.8. The highest BCUT2D eigenvalue weighted by Gasteiger charge is 2.35. The molecule has 0 saturated heterocycles. The predicted molar refractivity (Wildman–Crippen MR) is 73.4 cm³/mol. The Bertz CT molecular complexity index is 528. The van der Waals surface area contributed by atoms with Gasteiger partial charge >= 0.3 is 12.1 Å². The molecule has 0 aromatic heterocycles. The molecule has 3 nitrogen and oxygen atoms in total. The normalized spacial score (nSPS) is 22.9. The highest BCUT2D eigenvalue weighted by Crippen LogP contribution is 2.34. The number of rotatable bonds is 3.